The molecule has 0 radical (unpaired) electrons. The molecule has 2 rings (SSSR count). The van der Waals surface area contributed by atoms with Crippen LogP contribution in [0.15, 0.2) is 30.5 Å². The number of carbonyl (C=O) groups excluding carboxylic acids is 1. The van der Waals surface area contributed by atoms with E-state index in [4.69, 9.17) is 5.11 Å². The lowest BCUT2D eigenvalue weighted by molar-refractivity contribution is -0.137. The highest BCUT2D eigenvalue weighted by molar-refractivity contribution is 5.97. The molecule has 2 aromatic rings. The number of carboxylic acids is 1. The van der Waals surface area contributed by atoms with E-state index in [0.717, 1.165) is 43.0 Å². The molecule has 5 nitrogen and oxygen atoms in total. The highest BCUT2D eigenvalue weighted by atomic mass is 16.4. The minimum Gasteiger partial charge on any atom is -0.481 e. The number of rotatable bonds is 9. The first-order chi connectivity index (χ1) is 10.7. The molecule has 0 unspecified atom stereocenters. The number of carbonyl (C=O) groups is 2. The number of benzene rings is 1. The van der Waals surface area contributed by atoms with Gasteiger partial charge in [-0.3, -0.25) is 9.59 Å². The molecule has 118 valence electrons. The van der Waals surface area contributed by atoms with Gasteiger partial charge >= 0.3 is 5.97 Å². The molecule has 0 atom stereocenters. The van der Waals surface area contributed by atoms with E-state index in [1.807, 2.05) is 30.5 Å². The number of carboxylic acid groups (broad SMARTS) is 1. The number of aromatic amines is 1. The van der Waals surface area contributed by atoms with Crippen molar-refractivity contribution in [3.63, 3.8) is 0 Å². The summed E-state index contributed by atoms with van der Waals surface area (Å²) in [5, 5.41) is 12.5. The maximum absolute atomic E-state index is 12.0. The van der Waals surface area contributed by atoms with Crippen LogP contribution in [0.4, 0.5) is 0 Å². The normalized spacial score (nSPS) is 10.7. The van der Waals surface area contributed by atoms with Crippen molar-refractivity contribution < 1.29 is 14.7 Å². The lowest BCUT2D eigenvalue weighted by atomic mass is 10.1. The van der Waals surface area contributed by atoms with Gasteiger partial charge in [0.25, 0.3) is 5.91 Å². The zero-order valence-corrected chi connectivity index (χ0v) is 12.6. The van der Waals surface area contributed by atoms with Crippen molar-refractivity contribution in [2.45, 2.75) is 38.5 Å². The summed E-state index contributed by atoms with van der Waals surface area (Å²) in [4.78, 5) is 25.5. The van der Waals surface area contributed by atoms with Gasteiger partial charge in [-0.15, -0.1) is 0 Å². The van der Waals surface area contributed by atoms with Gasteiger partial charge in [0.2, 0.25) is 0 Å². The van der Waals surface area contributed by atoms with E-state index < -0.39 is 5.97 Å². The molecule has 1 amide bonds. The summed E-state index contributed by atoms with van der Waals surface area (Å²) in [6.07, 6.45) is 6.72. The number of nitrogens with one attached hydrogen (secondary N) is 2. The van der Waals surface area contributed by atoms with E-state index in [0.29, 0.717) is 12.1 Å². The van der Waals surface area contributed by atoms with Gasteiger partial charge in [0.1, 0.15) is 0 Å². The molecule has 0 spiro atoms. The number of H-pyrrole nitrogens is 1. The third kappa shape index (κ3) is 4.91. The summed E-state index contributed by atoms with van der Waals surface area (Å²) in [7, 11) is 0. The standard InChI is InChI=1S/C17H22N2O3/c20-16(21)6-4-2-1-3-5-10-19-17(22)14-8-7-13-9-11-18-15(13)12-14/h7-9,11-12,18H,1-6,10H2,(H,19,22)(H,20,21). The number of hydrogen-bond donors (Lipinski definition) is 3. The Kier molecular flexibility index (Phi) is 6.01. The van der Waals surface area contributed by atoms with Gasteiger partial charge in [0, 0.05) is 30.2 Å². The highest BCUT2D eigenvalue weighted by Gasteiger charge is 2.06. The first kappa shape index (κ1) is 16.1. The zero-order valence-electron chi connectivity index (χ0n) is 12.6. The van der Waals surface area contributed by atoms with Crippen LogP contribution in [0.5, 0.6) is 0 Å². The number of aromatic nitrogens is 1. The summed E-state index contributed by atoms with van der Waals surface area (Å²) >= 11 is 0. The second-order valence-electron chi connectivity index (χ2n) is 5.45. The lowest BCUT2D eigenvalue weighted by Crippen LogP contribution is -2.24. The van der Waals surface area contributed by atoms with Gasteiger partial charge in [0.15, 0.2) is 0 Å². The molecular formula is C17H22N2O3. The maximum Gasteiger partial charge on any atom is 0.303 e. The summed E-state index contributed by atoms with van der Waals surface area (Å²) in [5.41, 5.74) is 1.63. The van der Waals surface area contributed by atoms with Crippen molar-refractivity contribution in [2.75, 3.05) is 6.54 Å². The van der Waals surface area contributed by atoms with Crippen LogP contribution in [0.25, 0.3) is 10.9 Å². The first-order valence-corrected chi connectivity index (χ1v) is 7.74. The van der Waals surface area contributed by atoms with Crippen LogP contribution in [-0.4, -0.2) is 28.5 Å². The quantitative estimate of drug-likeness (QED) is 0.621. The van der Waals surface area contributed by atoms with E-state index in [-0.39, 0.29) is 12.3 Å². The molecular weight excluding hydrogens is 280 g/mol. The summed E-state index contributed by atoms with van der Waals surface area (Å²) in [5.74, 6) is -0.784. The molecule has 0 fully saturated rings. The summed E-state index contributed by atoms with van der Waals surface area (Å²) in [6.45, 7) is 0.653. The Labute approximate surface area is 129 Å². The van der Waals surface area contributed by atoms with Gasteiger partial charge in [-0.05, 0) is 36.4 Å². The third-order valence-electron chi connectivity index (χ3n) is 3.67. The average molecular weight is 302 g/mol. The smallest absolute Gasteiger partial charge is 0.303 e. The van der Waals surface area contributed by atoms with Gasteiger partial charge in [-0.25, -0.2) is 0 Å². The van der Waals surface area contributed by atoms with Gasteiger partial charge in [0.05, 0.1) is 0 Å². The zero-order chi connectivity index (χ0) is 15.8. The molecule has 0 bridgehead atoms. The molecule has 3 N–H and O–H groups in total. The van der Waals surface area contributed by atoms with Crippen molar-refractivity contribution >= 4 is 22.8 Å². The fourth-order valence-electron chi connectivity index (χ4n) is 2.42. The number of amides is 1. The molecule has 0 saturated carbocycles. The molecule has 1 aromatic carbocycles. The molecule has 0 aliphatic carbocycles. The fourth-order valence-corrected chi connectivity index (χ4v) is 2.42. The van der Waals surface area contributed by atoms with Crippen LogP contribution >= 0.6 is 0 Å². The Bertz CT molecular complexity index is 634. The maximum atomic E-state index is 12.0. The summed E-state index contributed by atoms with van der Waals surface area (Å²) in [6, 6.07) is 7.60. The molecule has 22 heavy (non-hydrogen) atoms. The highest BCUT2D eigenvalue weighted by Crippen LogP contribution is 2.14. The Morgan fingerprint density at radius 2 is 1.82 bits per heavy atom. The van der Waals surface area contributed by atoms with Gasteiger partial charge < -0.3 is 15.4 Å². The summed E-state index contributed by atoms with van der Waals surface area (Å²) < 4.78 is 0. The predicted molar refractivity (Wildman–Crippen MR) is 86.0 cm³/mol. The van der Waals surface area contributed by atoms with E-state index in [1.165, 1.54) is 0 Å². The average Bonchev–Trinajstić information content (AvgIpc) is 2.96. The lowest BCUT2D eigenvalue weighted by Gasteiger charge is -2.05. The molecule has 5 heteroatoms. The Morgan fingerprint density at radius 3 is 2.64 bits per heavy atom. The van der Waals surface area contributed by atoms with Crippen molar-refractivity contribution in [1.29, 1.82) is 0 Å². The van der Waals surface area contributed by atoms with Crippen LogP contribution in [0, 0.1) is 0 Å². The Balaban J connectivity index is 1.62. The van der Waals surface area contributed by atoms with E-state index in [1.54, 1.807) is 0 Å². The minimum atomic E-state index is -0.730. The van der Waals surface area contributed by atoms with Crippen molar-refractivity contribution in [1.82, 2.24) is 10.3 Å². The number of hydrogen-bond acceptors (Lipinski definition) is 2. The number of unbranched alkanes of at least 4 members (excludes halogenated alkanes) is 4. The molecule has 0 aliphatic heterocycles. The van der Waals surface area contributed by atoms with Crippen molar-refractivity contribution in [2.24, 2.45) is 0 Å². The van der Waals surface area contributed by atoms with E-state index in [9.17, 15) is 9.59 Å². The largest absolute Gasteiger partial charge is 0.481 e. The predicted octanol–water partition coefficient (Wildman–Crippen LogP) is 3.32. The molecule has 1 aromatic heterocycles. The third-order valence-corrected chi connectivity index (χ3v) is 3.67. The molecule has 1 heterocycles. The van der Waals surface area contributed by atoms with Gasteiger partial charge in [-0.1, -0.05) is 25.3 Å². The van der Waals surface area contributed by atoms with Crippen LogP contribution in [-0.2, 0) is 4.79 Å². The minimum absolute atomic E-state index is 0.0534. The Morgan fingerprint density at radius 1 is 1.05 bits per heavy atom. The van der Waals surface area contributed by atoms with Gasteiger partial charge in [-0.2, -0.15) is 0 Å². The van der Waals surface area contributed by atoms with E-state index in [2.05, 4.69) is 10.3 Å². The SMILES string of the molecule is O=C(O)CCCCCCCNC(=O)c1ccc2cc[nH]c2c1. The molecule has 0 aliphatic rings. The topological polar surface area (TPSA) is 82.2 Å². The van der Waals surface area contributed by atoms with Crippen LogP contribution in [0.2, 0.25) is 0 Å². The van der Waals surface area contributed by atoms with E-state index >= 15 is 0 Å². The number of fused-ring (bicyclic) bond motifs is 1. The van der Waals surface area contributed by atoms with Crippen LogP contribution in [0.3, 0.4) is 0 Å². The molecule has 0 saturated heterocycles. The fraction of sp³-hybridized carbons (Fsp3) is 0.412. The van der Waals surface area contributed by atoms with Crippen LogP contribution < -0.4 is 5.32 Å². The number of aliphatic carboxylic acids is 1. The van der Waals surface area contributed by atoms with Crippen molar-refractivity contribution in [3.05, 3.63) is 36.0 Å². The van der Waals surface area contributed by atoms with Crippen LogP contribution in [0.1, 0.15) is 48.9 Å². The first-order valence-electron chi connectivity index (χ1n) is 7.74. The van der Waals surface area contributed by atoms with Crippen molar-refractivity contribution in [3.8, 4) is 0 Å². The second-order valence-corrected chi connectivity index (χ2v) is 5.45. The Hall–Kier alpha value is -2.30. The second kappa shape index (κ2) is 8.22. The monoisotopic (exact) mass is 302 g/mol.